The second kappa shape index (κ2) is 6.89. The third-order valence-electron chi connectivity index (χ3n) is 3.30. The number of hydrogen-bond acceptors (Lipinski definition) is 7. The largest absolute Gasteiger partial charge is 0.464 e. The molecule has 0 saturated carbocycles. The Hall–Kier alpha value is -1.63. The van der Waals surface area contributed by atoms with E-state index in [4.69, 9.17) is 9.47 Å². The minimum absolute atomic E-state index is 0.148. The number of aromatic nitrogens is 3. The predicted molar refractivity (Wildman–Crippen MR) is 82.0 cm³/mol. The Morgan fingerprint density at radius 2 is 2.10 bits per heavy atom. The quantitative estimate of drug-likeness (QED) is 0.856. The van der Waals surface area contributed by atoms with Gasteiger partial charge in [0, 0.05) is 13.1 Å². The lowest BCUT2D eigenvalue weighted by Gasteiger charge is -2.42. The van der Waals surface area contributed by atoms with E-state index < -0.39 is 0 Å². The summed E-state index contributed by atoms with van der Waals surface area (Å²) in [6.45, 7) is 11.7. The van der Waals surface area contributed by atoms with Gasteiger partial charge in [0.1, 0.15) is 0 Å². The van der Waals surface area contributed by atoms with Crippen molar-refractivity contribution in [2.75, 3.05) is 43.1 Å². The third-order valence-corrected chi connectivity index (χ3v) is 3.30. The van der Waals surface area contributed by atoms with Crippen LogP contribution in [0.5, 0.6) is 6.01 Å². The van der Waals surface area contributed by atoms with Crippen molar-refractivity contribution in [3.05, 3.63) is 0 Å². The zero-order valence-electron chi connectivity index (χ0n) is 13.3. The summed E-state index contributed by atoms with van der Waals surface area (Å²) in [5.74, 6) is 1.20. The van der Waals surface area contributed by atoms with Crippen molar-refractivity contribution in [1.82, 2.24) is 15.0 Å². The van der Waals surface area contributed by atoms with E-state index in [-0.39, 0.29) is 5.54 Å². The van der Waals surface area contributed by atoms with E-state index in [1.165, 1.54) is 0 Å². The first-order valence-corrected chi connectivity index (χ1v) is 7.55. The summed E-state index contributed by atoms with van der Waals surface area (Å²) in [4.78, 5) is 15.4. The summed E-state index contributed by atoms with van der Waals surface area (Å²) in [5.41, 5.74) is -0.148. The van der Waals surface area contributed by atoms with Gasteiger partial charge < -0.3 is 19.7 Å². The van der Waals surface area contributed by atoms with Crippen molar-refractivity contribution in [2.45, 2.75) is 39.7 Å². The lowest BCUT2D eigenvalue weighted by atomic mass is 10.0. The molecule has 0 atom stereocenters. The lowest BCUT2D eigenvalue weighted by molar-refractivity contribution is 0.0632. The Morgan fingerprint density at radius 1 is 1.29 bits per heavy atom. The van der Waals surface area contributed by atoms with Crippen molar-refractivity contribution in [1.29, 1.82) is 0 Å². The number of ether oxygens (including phenoxy) is 2. The molecular weight excluding hydrogens is 270 g/mol. The van der Waals surface area contributed by atoms with Crippen LogP contribution in [0.1, 0.15) is 34.1 Å². The highest BCUT2D eigenvalue weighted by Crippen LogP contribution is 2.25. The van der Waals surface area contributed by atoms with Gasteiger partial charge in [0.15, 0.2) is 0 Å². The van der Waals surface area contributed by atoms with E-state index in [1.54, 1.807) is 0 Å². The van der Waals surface area contributed by atoms with Crippen molar-refractivity contribution in [3.8, 4) is 6.01 Å². The van der Waals surface area contributed by atoms with Gasteiger partial charge in [-0.15, -0.1) is 0 Å². The molecule has 2 heterocycles. The molecule has 0 unspecified atom stereocenters. The van der Waals surface area contributed by atoms with Crippen LogP contribution in [-0.4, -0.2) is 53.4 Å². The van der Waals surface area contributed by atoms with Gasteiger partial charge in [-0.25, -0.2) is 0 Å². The number of nitrogens with zero attached hydrogens (tertiary/aromatic N) is 4. The number of rotatable bonds is 6. The molecule has 1 aromatic rings. The van der Waals surface area contributed by atoms with Gasteiger partial charge in [-0.1, -0.05) is 6.92 Å². The van der Waals surface area contributed by atoms with Crippen molar-refractivity contribution in [3.63, 3.8) is 0 Å². The van der Waals surface area contributed by atoms with E-state index in [1.807, 2.05) is 6.92 Å². The van der Waals surface area contributed by atoms with E-state index >= 15 is 0 Å². The molecule has 0 aromatic carbocycles. The van der Waals surface area contributed by atoms with Gasteiger partial charge in [0.25, 0.3) is 0 Å². The summed E-state index contributed by atoms with van der Waals surface area (Å²) in [6, 6.07) is 0.364. The van der Waals surface area contributed by atoms with Crippen LogP contribution in [0.4, 0.5) is 11.9 Å². The summed E-state index contributed by atoms with van der Waals surface area (Å²) in [5, 5.41) is 3.20. The highest BCUT2D eigenvalue weighted by molar-refractivity contribution is 5.41. The molecule has 7 heteroatoms. The molecule has 1 fully saturated rings. The first-order valence-electron chi connectivity index (χ1n) is 7.55. The Morgan fingerprint density at radius 3 is 2.76 bits per heavy atom. The van der Waals surface area contributed by atoms with Crippen LogP contribution in [0, 0.1) is 0 Å². The molecule has 21 heavy (non-hydrogen) atoms. The molecule has 0 bridgehead atoms. The molecule has 1 N–H and O–H groups in total. The van der Waals surface area contributed by atoms with Crippen LogP contribution in [0.2, 0.25) is 0 Å². The molecule has 1 saturated heterocycles. The van der Waals surface area contributed by atoms with Crippen LogP contribution in [0.3, 0.4) is 0 Å². The maximum atomic E-state index is 5.55. The number of anilines is 2. The average molecular weight is 295 g/mol. The summed E-state index contributed by atoms with van der Waals surface area (Å²) >= 11 is 0. The Labute approximate surface area is 126 Å². The first kappa shape index (κ1) is 15.8. The molecular formula is C14H25N5O2. The summed E-state index contributed by atoms with van der Waals surface area (Å²) in [7, 11) is 0. The van der Waals surface area contributed by atoms with Gasteiger partial charge in [0.2, 0.25) is 11.9 Å². The molecule has 1 aliphatic rings. The number of nitrogens with one attached hydrogen (secondary N) is 1. The number of hydrogen-bond donors (Lipinski definition) is 1. The molecule has 118 valence electrons. The zero-order chi connectivity index (χ0) is 15.3. The second-order valence-corrected chi connectivity index (χ2v) is 5.62. The fourth-order valence-corrected chi connectivity index (χ4v) is 2.21. The normalized spacial score (nSPS) is 17.6. The van der Waals surface area contributed by atoms with Crippen LogP contribution in [0.15, 0.2) is 0 Å². The fraction of sp³-hybridized carbons (Fsp3) is 0.786. The SMILES string of the molecule is CCCNc1nc(OCC)nc(N2CCOCC2(C)C)n1. The maximum Gasteiger partial charge on any atom is 0.323 e. The predicted octanol–water partition coefficient (Wildman–Crippen LogP) is 1.71. The Balaban J connectivity index is 2.29. The maximum absolute atomic E-state index is 5.55. The number of morpholine rings is 1. The fourth-order valence-electron chi connectivity index (χ4n) is 2.21. The summed E-state index contributed by atoms with van der Waals surface area (Å²) < 4.78 is 11.0. The van der Waals surface area contributed by atoms with Crippen LogP contribution in [0.25, 0.3) is 0 Å². The molecule has 1 aliphatic heterocycles. The highest BCUT2D eigenvalue weighted by atomic mass is 16.5. The van der Waals surface area contributed by atoms with Crippen LogP contribution in [-0.2, 0) is 4.74 Å². The van der Waals surface area contributed by atoms with Crippen molar-refractivity contribution >= 4 is 11.9 Å². The molecule has 0 spiro atoms. The second-order valence-electron chi connectivity index (χ2n) is 5.62. The van der Waals surface area contributed by atoms with Gasteiger partial charge in [-0.05, 0) is 27.2 Å². The standard InChI is InChI=1S/C14H25N5O2/c1-5-7-15-11-16-12(18-13(17-11)21-6-2)19-8-9-20-10-14(19,3)4/h5-10H2,1-4H3,(H,15,16,17,18). The first-order chi connectivity index (χ1) is 10.1. The van der Waals surface area contributed by atoms with E-state index in [2.05, 4.69) is 45.9 Å². The summed E-state index contributed by atoms with van der Waals surface area (Å²) in [6.07, 6.45) is 1.01. The molecule has 0 radical (unpaired) electrons. The highest BCUT2D eigenvalue weighted by Gasteiger charge is 2.33. The molecule has 1 aromatic heterocycles. The van der Waals surface area contributed by atoms with Crippen LogP contribution < -0.4 is 15.0 Å². The monoisotopic (exact) mass is 295 g/mol. The Bertz CT molecular complexity index is 467. The van der Waals surface area contributed by atoms with E-state index in [0.29, 0.717) is 37.7 Å². The van der Waals surface area contributed by atoms with Gasteiger partial charge in [-0.2, -0.15) is 15.0 Å². The molecule has 2 rings (SSSR count). The van der Waals surface area contributed by atoms with Crippen LogP contribution >= 0.6 is 0 Å². The van der Waals surface area contributed by atoms with E-state index in [9.17, 15) is 0 Å². The molecule has 0 amide bonds. The topological polar surface area (TPSA) is 72.4 Å². The van der Waals surface area contributed by atoms with Gasteiger partial charge in [0.05, 0.1) is 25.4 Å². The zero-order valence-corrected chi connectivity index (χ0v) is 13.3. The Kier molecular flexibility index (Phi) is 5.17. The smallest absolute Gasteiger partial charge is 0.323 e. The van der Waals surface area contributed by atoms with E-state index in [0.717, 1.165) is 19.5 Å². The third kappa shape index (κ3) is 3.93. The van der Waals surface area contributed by atoms with Crippen molar-refractivity contribution < 1.29 is 9.47 Å². The minimum atomic E-state index is -0.148. The van der Waals surface area contributed by atoms with Gasteiger partial charge >= 0.3 is 6.01 Å². The molecule has 0 aliphatic carbocycles. The minimum Gasteiger partial charge on any atom is -0.464 e. The van der Waals surface area contributed by atoms with Crippen molar-refractivity contribution in [2.24, 2.45) is 0 Å². The van der Waals surface area contributed by atoms with Gasteiger partial charge in [-0.3, -0.25) is 0 Å². The molecule has 7 nitrogen and oxygen atoms in total. The lowest BCUT2D eigenvalue weighted by Crippen LogP contribution is -2.54. The average Bonchev–Trinajstić information content (AvgIpc) is 2.44.